The van der Waals surface area contributed by atoms with E-state index >= 15 is 0 Å². The lowest BCUT2D eigenvalue weighted by atomic mass is 10.0. The molecular weight excluding hydrogens is 222 g/mol. The van der Waals surface area contributed by atoms with Gasteiger partial charge in [-0.3, -0.25) is 4.98 Å². The van der Waals surface area contributed by atoms with Crippen LogP contribution in [0.25, 0.3) is 0 Å². The molecule has 0 amide bonds. The van der Waals surface area contributed by atoms with Crippen LogP contribution in [-0.2, 0) is 6.42 Å². The molecule has 0 atom stereocenters. The summed E-state index contributed by atoms with van der Waals surface area (Å²) in [4.78, 5) is 4.29. The van der Waals surface area contributed by atoms with Crippen molar-refractivity contribution in [3.8, 4) is 5.75 Å². The molecule has 2 rings (SSSR count). The number of rotatable bonds is 5. The first-order valence-corrected chi connectivity index (χ1v) is 6.39. The summed E-state index contributed by atoms with van der Waals surface area (Å²) < 4.78 is 5.86. The van der Waals surface area contributed by atoms with E-state index in [2.05, 4.69) is 31.0 Å². The van der Waals surface area contributed by atoms with E-state index in [-0.39, 0.29) is 0 Å². The summed E-state index contributed by atoms with van der Waals surface area (Å²) in [5.41, 5.74) is 2.33. The maximum Gasteiger partial charge on any atom is 0.122 e. The first-order chi connectivity index (χ1) is 8.77. The van der Waals surface area contributed by atoms with E-state index in [9.17, 15) is 0 Å². The van der Waals surface area contributed by atoms with Gasteiger partial charge >= 0.3 is 0 Å². The van der Waals surface area contributed by atoms with Crippen LogP contribution in [0.2, 0.25) is 0 Å². The Hall–Kier alpha value is -1.83. The average molecular weight is 241 g/mol. The zero-order valence-electron chi connectivity index (χ0n) is 11.0. The Morgan fingerprint density at radius 1 is 1.06 bits per heavy atom. The third-order valence-corrected chi connectivity index (χ3v) is 2.88. The summed E-state index contributed by atoms with van der Waals surface area (Å²) in [6.07, 6.45) is 2.66. The van der Waals surface area contributed by atoms with Crippen molar-refractivity contribution < 1.29 is 4.74 Å². The van der Waals surface area contributed by atoms with Crippen LogP contribution >= 0.6 is 0 Å². The van der Waals surface area contributed by atoms with Gasteiger partial charge in [0.05, 0.1) is 6.61 Å². The molecule has 0 N–H and O–H groups in total. The van der Waals surface area contributed by atoms with Crippen LogP contribution in [0.15, 0.2) is 48.7 Å². The molecule has 0 unspecified atom stereocenters. The van der Waals surface area contributed by atoms with Crippen molar-refractivity contribution in [2.75, 3.05) is 6.61 Å². The summed E-state index contributed by atoms with van der Waals surface area (Å²) in [5.74, 6) is 1.47. The van der Waals surface area contributed by atoms with E-state index in [1.807, 2.05) is 36.5 Å². The highest BCUT2D eigenvalue weighted by molar-refractivity contribution is 5.35. The fourth-order valence-corrected chi connectivity index (χ4v) is 1.90. The predicted octanol–water partition coefficient (Wildman–Crippen LogP) is 3.83. The molecule has 2 heteroatoms. The van der Waals surface area contributed by atoms with E-state index in [1.165, 1.54) is 5.56 Å². The number of hydrogen-bond acceptors (Lipinski definition) is 2. The summed E-state index contributed by atoms with van der Waals surface area (Å²) in [7, 11) is 0. The van der Waals surface area contributed by atoms with Crippen LogP contribution in [0.4, 0.5) is 0 Å². The Bertz CT molecular complexity index is 479. The largest absolute Gasteiger partial charge is 0.493 e. The lowest BCUT2D eigenvalue weighted by Crippen LogP contribution is -2.04. The molecule has 0 aliphatic carbocycles. The van der Waals surface area contributed by atoms with Crippen LogP contribution < -0.4 is 4.74 Å². The molecule has 0 saturated carbocycles. The molecule has 1 aromatic heterocycles. The second-order valence-corrected chi connectivity index (χ2v) is 4.61. The minimum atomic E-state index is 0.482. The zero-order chi connectivity index (χ0) is 12.8. The van der Waals surface area contributed by atoms with Crippen LogP contribution in [0.1, 0.15) is 31.0 Å². The van der Waals surface area contributed by atoms with Gasteiger partial charge in [-0.15, -0.1) is 0 Å². The van der Waals surface area contributed by atoms with Crippen molar-refractivity contribution in [1.82, 2.24) is 4.98 Å². The number of pyridine rings is 1. The van der Waals surface area contributed by atoms with E-state index in [4.69, 9.17) is 4.74 Å². The van der Waals surface area contributed by atoms with E-state index in [0.29, 0.717) is 12.5 Å². The molecule has 0 aliphatic rings. The highest BCUT2D eigenvalue weighted by atomic mass is 16.5. The quantitative estimate of drug-likeness (QED) is 0.793. The topological polar surface area (TPSA) is 22.1 Å². The first kappa shape index (κ1) is 12.6. The van der Waals surface area contributed by atoms with Crippen LogP contribution in [0, 0.1) is 0 Å². The molecule has 94 valence electrons. The summed E-state index contributed by atoms with van der Waals surface area (Å²) in [6.45, 7) is 5.03. The third-order valence-electron chi connectivity index (χ3n) is 2.88. The molecule has 0 fully saturated rings. The highest BCUT2D eigenvalue weighted by Gasteiger charge is 2.06. The number of aromatic nitrogens is 1. The van der Waals surface area contributed by atoms with Crippen LogP contribution in [0.3, 0.4) is 0 Å². The second-order valence-electron chi connectivity index (χ2n) is 4.61. The minimum absolute atomic E-state index is 0.482. The van der Waals surface area contributed by atoms with Crippen LogP contribution in [0.5, 0.6) is 5.75 Å². The lowest BCUT2D eigenvalue weighted by molar-refractivity contribution is 0.316. The van der Waals surface area contributed by atoms with Crippen molar-refractivity contribution in [3.05, 3.63) is 59.9 Å². The number of hydrogen-bond donors (Lipinski definition) is 0. The summed E-state index contributed by atoms with van der Waals surface area (Å²) in [6, 6.07) is 14.2. The average Bonchev–Trinajstić information content (AvgIpc) is 2.40. The summed E-state index contributed by atoms with van der Waals surface area (Å²) in [5, 5.41) is 0. The molecule has 0 radical (unpaired) electrons. The second kappa shape index (κ2) is 6.20. The van der Waals surface area contributed by atoms with Crippen molar-refractivity contribution >= 4 is 0 Å². The first-order valence-electron chi connectivity index (χ1n) is 6.39. The highest BCUT2D eigenvalue weighted by Crippen LogP contribution is 2.25. The smallest absolute Gasteiger partial charge is 0.122 e. The molecule has 0 bridgehead atoms. The molecule has 0 spiro atoms. The van der Waals surface area contributed by atoms with Crippen molar-refractivity contribution in [2.45, 2.75) is 26.2 Å². The Labute approximate surface area is 109 Å². The van der Waals surface area contributed by atoms with Gasteiger partial charge in [0.1, 0.15) is 5.75 Å². The maximum absolute atomic E-state index is 5.86. The van der Waals surface area contributed by atoms with Gasteiger partial charge in [-0.1, -0.05) is 38.1 Å². The molecule has 1 heterocycles. The lowest BCUT2D eigenvalue weighted by Gasteiger charge is -2.13. The molecule has 1 aromatic carbocycles. The molecule has 2 aromatic rings. The van der Waals surface area contributed by atoms with Crippen molar-refractivity contribution in [1.29, 1.82) is 0 Å². The standard InChI is InChI=1S/C16H19NO/c1-13(2)15-8-3-4-9-16(15)18-12-10-14-7-5-6-11-17-14/h3-9,11,13H,10,12H2,1-2H3. The van der Waals surface area contributed by atoms with Gasteiger partial charge in [0.15, 0.2) is 0 Å². The fraction of sp³-hybridized carbons (Fsp3) is 0.312. The van der Waals surface area contributed by atoms with Crippen molar-refractivity contribution in [3.63, 3.8) is 0 Å². The molecule has 0 aliphatic heterocycles. The SMILES string of the molecule is CC(C)c1ccccc1OCCc1ccccn1. The Kier molecular flexibility index (Phi) is 4.35. The van der Waals surface area contributed by atoms with Gasteiger partial charge in [-0.25, -0.2) is 0 Å². The fourth-order valence-electron chi connectivity index (χ4n) is 1.90. The van der Waals surface area contributed by atoms with E-state index < -0.39 is 0 Å². The van der Waals surface area contributed by atoms with Crippen molar-refractivity contribution in [2.24, 2.45) is 0 Å². The van der Waals surface area contributed by atoms with Gasteiger partial charge in [-0.2, -0.15) is 0 Å². The molecule has 0 saturated heterocycles. The van der Waals surface area contributed by atoms with Gasteiger partial charge < -0.3 is 4.74 Å². The number of para-hydroxylation sites is 1. The number of nitrogens with zero attached hydrogens (tertiary/aromatic N) is 1. The van der Waals surface area contributed by atoms with Crippen LogP contribution in [-0.4, -0.2) is 11.6 Å². The Morgan fingerprint density at radius 3 is 2.56 bits per heavy atom. The maximum atomic E-state index is 5.86. The van der Waals surface area contributed by atoms with E-state index in [0.717, 1.165) is 17.9 Å². The molecular formula is C16H19NO. The normalized spacial score (nSPS) is 10.6. The van der Waals surface area contributed by atoms with E-state index in [1.54, 1.807) is 0 Å². The van der Waals surface area contributed by atoms with Gasteiger partial charge in [-0.05, 0) is 29.7 Å². The minimum Gasteiger partial charge on any atom is -0.493 e. The molecule has 18 heavy (non-hydrogen) atoms. The monoisotopic (exact) mass is 241 g/mol. The number of benzene rings is 1. The van der Waals surface area contributed by atoms with Gasteiger partial charge in [0.25, 0.3) is 0 Å². The zero-order valence-corrected chi connectivity index (χ0v) is 11.0. The third kappa shape index (κ3) is 3.33. The Balaban J connectivity index is 1.94. The van der Waals surface area contributed by atoms with Gasteiger partial charge in [0.2, 0.25) is 0 Å². The predicted molar refractivity (Wildman–Crippen MR) is 74.0 cm³/mol. The Morgan fingerprint density at radius 2 is 1.83 bits per heavy atom. The van der Waals surface area contributed by atoms with Gasteiger partial charge in [0, 0.05) is 18.3 Å². The summed E-state index contributed by atoms with van der Waals surface area (Å²) >= 11 is 0. The molecule has 2 nitrogen and oxygen atoms in total. The number of ether oxygens (including phenoxy) is 1.